The minimum Gasteiger partial charge on any atom is -0.375 e. The van der Waals surface area contributed by atoms with E-state index < -0.39 is 11.6 Å². The summed E-state index contributed by atoms with van der Waals surface area (Å²) in [5, 5.41) is 2.71. The monoisotopic (exact) mass is 259 g/mol. The van der Waals surface area contributed by atoms with Crippen LogP contribution in [0.15, 0.2) is 30.3 Å². The Morgan fingerprint density at radius 3 is 2.38 bits per heavy atom. The lowest BCUT2D eigenvalue weighted by atomic mass is 10.3. The van der Waals surface area contributed by atoms with Gasteiger partial charge in [-0.05, 0) is 24.3 Å². The van der Waals surface area contributed by atoms with Gasteiger partial charge in [0.1, 0.15) is 17.3 Å². The minimum atomic E-state index is -0.595. The second-order valence-electron chi connectivity index (χ2n) is 3.16. The van der Waals surface area contributed by atoms with Crippen molar-refractivity contribution >= 4 is 28.6 Å². The molecule has 1 aromatic heterocycles. The molecule has 1 nitrogen and oxygen atoms in total. The summed E-state index contributed by atoms with van der Waals surface area (Å²) in [6.45, 7) is 0.356. The Balaban J connectivity index is 2.10. The van der Waals surface area contributed by atoms with E-state index in [1.165, 1.54) is 29.5 Å². The summed E-state index contributed by atoms with van der Waals surface area (Å²) in [6, 6.07) is 7.33. The molecule has 2 aromatic rings. The van der Waals surface area contributed by atoms with Crippen molar-refractivity contribution in [1.29, 1.82) is 0 Å². The zero-order valence-corrected chi connectivity index (χ0v) is 9.71. The summed E-state index contributed by atoms with van der Waals surface area (Å²) in [6.07, 6.45) is 0. The molecular formula is C11H8ClF2NS. The third kappa shape index (κ3) is 2.51. The fraction of sp³-hybridized carbons (Fsp3) is 0.0909. The van der Waals surface area contributed by atoms with Crippen LogP contribution < -0.4 is 5.32 Å². The van der Waals surface area contributed by atoms with Crippen LogP contribution in [0.3, 0.4) is 0 Å². The van der Waals surface area contributed by atoms with Crippen LogP contribution in [0.2, 0.25) is 4.34 Å². The van der Waals surface area contributed by atoms with Gasteiger partial charge in [0.05, 0.1) is 4.34 Å². The highest BCUT2D eigenvalue weighted by atomic mass is 35.5. The van der Waals surface area contributed by atoms with Gasteiger partial charge in [-0.3, -0.25) is 0 Å². The molecule has 0 bridgehead atoms. The van der Waals surface area contributed by atoms with Crippen LogP contribution in [0.1, 0.15) is 4.88 Å². The van der Waals surface area contributed by atoms with Crippen molar-refractivity contribution in [3.05, 3.63) is 51.2 Å². The standard InChI is InChI=1S/C11H8ClF2NS/c12-10-5-4-7(16-10)6-15-11-8(13)2-1-3-9(11)14/h1-5,15H,6H2. The molecule has 16 heavy (non-hydrogen) atoms. The third-order valence-electron chi connectivity index (χ3n) is 2.03. The van der Waals surface area contributed by atoms with Crippen molar-refractivity contribution in [1.82, 2.24) is 0 Å². The molecule has 0 unspecified atom stereocenters. The van der Waals surface area contributed by atoms with Crippen molar-refractivity contribution in [2.24, 2.45) is 0 Å². The van der Waals surface area contributed by atoms with Crippen LogP contribution in [-0.4, -0.2) is 0 Å². The zero-order chi connectivity index (χ0) is 11.5. The molecule has 0 amide bonds. The van der Waals surface area contributed by atoms with Crippen molar-refractivity contribution < 1.29 is 8.78 Å². The second-order valence-corrected chi connectivity index (χ2v) is 4.96. The Kier molecular flexibility index (Phi) is 3.41. The van der Waals surface area contributed by atoms with Crippen molar-refractivity contribution in [2.45, 2.75) is 6.54 Å². The average molecular weight is 260 g/mol. The number of nitrogens with one attached hydrogen (secondary N) is 1. The topological polar surface area (TPSA) is 12.0 Å². The Labute approximate surface area is 101 Å². The van der Waals surface area contributed by atoms with Gasteiger partial charge in [0.15, 0.2) is 0 Å². The van der Waals surface area contributed by atoms with Crippen molar-refractivity contribution in [3.8, 4) is 0 Å². The lowest BCUT2D eigenvalue weighted by Gasteiger charge is -2.06. The van der Waals surface area contributed by atoms with E-state index in [1.807, 2.05) is 6.07 Å². The molecule has 1 aromatic carbocycles. The highest BCUT2D eigenvalue weighted by Gasteiger charge is 2.07. The van der Waals surface area contributed by atoms with E-state index in [9.17, 15) is 8.78 Å². The van der Waals surface area contributed by atoms with Crippen LogP contribution >= 0.6 is 22.9 Å². The van der Waals surface area contributed by atoms with Crippen LogP contribution in [0, 0.1) is 11.6 Å². The molecule has 1 N–H and O–H groups in total. The second kappa shape index (κ2) is 4.80. The van der Waals surface area contributed by atoms with Gasteiger partial charge in [0.2, 0.25) is 0 Å². The first-order valence-corrected chi connectivity index (χ1v) is 5.78. The van der Waals surface area contributed by atoms with Gasteiger partial charge in [-0.1, -0.05) is 17.7 Å². The van der Waals surface area contributed by atoms with Gasteiger partial charge in [-0.15, -0.1) is 11.3 Å². The number of benzene rings is 1. The van der Waals surface area contributed by atoms with Gasteiger partial charge in [-0.25, -0.2) is 8.78 Å². The Morgan fingerprint density at radius 1 is 1.12 bits per heavy atom. The van der Waals surface area contributed by atoms with E-state index in [2.05, 4.69) is 5.32 Å². The van der Waals surface area contributed by atoms with Gasteiger partial charge in [-0.2, -0.15) is 0 Å². The number of halogens is 3. The Morgan fingerprint density at radius 2 is 1.81 bits per heavy atom. The highest BCUT2D eigenvalue weighted by Crippen LogP contribution is 2.24. The lowest BCUT2D eigenvalue weighted by Crippen LogP contribution is -2.02. The maximum Gasteiger partial charge on any atom is 0.149 e. The van der Waals surface area contributed by atoms with Crippen LogP contribution in [0.25, 0.3) is 0 Å². The van der Waals surface area contributed by atoms with Crippen molar-refractivity contribution in [2.75, 3.05) is 5.32 Å². The predicted molar refractivity (Wildman–Crippen MR) is 63.0 cm³/mol. The molecule has 0 radical (unpaired) electrons. The highest BCUT2D eigenvalue weighted by molar-refractivity contribution is 7.16. The first kappa shape index (κ1) is 11.4. The Hall–Kier alpha value is -1.13. The smallest absolute Gasteiger partial charge is 0.149 e. The quantitative estimate of drug-likeness (QED) is 0.867. The Bertz CT molecular complexity index is 478. The first-order chi connectivity index (χ1) is 7.66. The number of para-hydroxylation sites is 1. The molecular weight excluding hydrogens is 252 g/mol. The average Bonchev–Trinajstić information content (AvgIpc) is 2.63. The third-order valence-corrected chi connectivity index (χ3v) is 3.26. The first-order valence-electron chi connectivity index (χ1n) is 4.59. The summed E-state index contributed by atoms with van der Waals surface area (Å²) >= 11 is 7.12. The minimum absolute atomic E-state index is 0.105. The molecule has 0 spiro atoms. The molecule has 0 aliphatic carbocycles. The number of hydrogen-bond acceptors (Lipinski definition) is 2. The molecule has 0 atom stereocenters. The lowest BCUT2D eigenvalue weighted by molar-refractivity contribution is 0.588. The SMILES string of the molecule is Fc1cccc(F)c1NCc1ccc(Cl)s1. The van der Waals surface area contributed by atoms with E-state index in [0.717, 1.165) is 4.88 Å². The summed E-state index contributed by atoms with van der Waals surface area (Å²) < 4.78 is 27.1. The fourth-order valence-corrected chi connectivity index (χ4v) is 2.32. The van der Waals surface area contributed by atoms with E-state index in [1.54, 1.807) is 6.07 Å². The fourth-order valence-electron chi connectivity index (χ4n) is 1.29. The summed E-state index contributed by atoms with van der Waals surface area (Å²) in [7, 11) is 0. The van der Waals surface area contributed by atoms with Crippen LogP contribution in [0.4, 0.5) is 14.5 Å². The summed E-state index contributed by atoms with van der Waals surface area (Å²) in [5.74, 6) is -1.19. The largest absolute Gasteiger partial charge is 0.375 e. The number of thiophene rings is 1. The van der Waals surface area contributed by atoms with Crippen LogP contribution in [0.5, 0.6) is 0 Å². The van der Waals surface area contributed by atoms with Gasteiger partial charge in [0, 0.05) is 11.4 Å². The molecule has 84 valence electrons. The zero-order valence-electron chi connectivity index (χ0n) is 8.14. The summed E-state index contributed by atoms with van der Waals surface area (Å²) in [5.41, 5.74) is -0.105. The summed E-state index contributed by atoms with van der Waals surface area (Å²) in [4.78, 5) is 0.924. The van der Waals surface area contributed by atoms with E-state index in [0.29, 0.717) is 10.9 Å². The molecule has 5 heteroatoms. The number of hydrogen-bond donors (Lipinski definition) is 1. The van der Waals surface area contributed by atoms with Gasteiger partial charge < -0.3 is 5.32 Å². The molecule has 0 fully saturated rings. The molecule has 0 saturated carbocycles. The van der Waals surface area contributed by atoms with Crippen LogP contribution in [-0.2, 0) is 6.54 Å². The number of rotatable bonds is 3. The maximum atomic E-state index is 13.2. The van der Waals surface area contributed by atoms with Gasteiger partial charge >= 0.3 is 0 Å². The molecule has 0 saturated heterocycles. The van der Waals surface area contributed by atoms with E-state index in [4.69, 9.17) is 11.6 Å². The normalized spacial score (nSPS) is 10.4. The maximum absolute atomic E-state index is 13.2. The predicted octanol–water partition coefficient (Wildman–Crippen LogP) is 4.29. The van der Waals surface area contributed by atoms with E-state index >= 15 is 0 Å². The van der Waals surface area contributed by atoms with Gasteiger partial charge in [0.25, 0.3) is 0 Å². The number of anilines is 1. The molecule has 0 aliphatic rings. The molecule has 0 aliphatic heterocycles. The molecule has 1 heterocycles. The molecule has 2 rings (SSSR count). The van der Waals surface area contributed by atoms with E-state index in [-0.39, 0.29) is 5.69 Å². The van der Waals surface area contributed by atoms with Crippen molar-refractivity contribution in [3.63, 3.8) is 0 Å².